The van der Waals surface area contributed by atoms with Crippen LogP contribution in [0.1, 0.15) is 48.7 Å². The Morgan fingerprint density at radius 2 is 2.22 bits per heavy atom. The van der Waals surface area contributed by atoms with Crippen molar-refractivity contribution in [1.82, 2.24) is 9.88 Å². The first-order chi connectivity index (χ1) is 8.61. The maximum Gasteiger partial charge on any atom is 0.254 e. The molecule has 1 fully saturated rings. The molecule has 18 heavy (non-hydrogen) atoms. The molecular formula is C14H19ClN2O. The van der Waals surface area contributed by atoms with Crippen LogP contribution < -0.4 is 0 Å². The van der Waals surface area contributed by atoms with Gasteiger partial charge in [0.2, 0.25) is 0 Å². The lowest BCUT2D eigenvalue weighted by Crippen LogP contribution is -2.41. The Balaban J connectivity index is 2.18. The number of rotatable bonds is 4. The van der Waals surface area contributed by atoms with E-state index in [4.69, 9.17) is 11.6 Å². The number of carbonyl (C=O) groups excluding carboxylic acids is 1. The zero-order chi connectivity index (χ0) is 13.1. The van der Waals surface area contributed by atoms with Gasteiger partial charge in [0.1, 0.15) is 5.15 Å². The minimum Gasteiger partial charge on any atom is -0.339 e. The fraction of sp³-hybridized carbons (Fsp3) is 0.571. The third kappa shape index (κ3) is 2.83. The van der Waals surface area contributed by atoms with Crippen molar-refractivity contribution < 1.29 is 4.79 Å². The molecule has 1 aliphatic carbocycles. The predicted octanol–water partition coefficient (Wildman–Crippen LogP) is 3.31. The summed E-state index contributed by atoms with van der Waals surface area (Å²) < 4.78 is 0. The molecule has 1 aromatic rings. The Morgan fingerprint density at radius 1 is 1.50 bits per heavy atom. The molecule has 0 unspecified atom stereocenters. The second-order valence-corrected chi connectivity index (χ2v) is 5.31. The van der Waals surface area contributed by atoms with Crippen molar-refractivity contribution in [1.29, 1.82) is 0 Å². The molecule has 1 saturated carbocycles. The van der Waals surface area contributed by atoms with Crippen molar-refractivity contribution >= 4 is 17.5 Å². The number of hydrogen-bond donors (Lipinski definition) is 0. The first kappa shape index (κ1) is 13.3. The summed E-state index contributed by atoms with van der Waals surface area (Å²) in [4.78, 5) is 18.4. The van der Waals surface area contributed by atoms with E-state index in [-0.39, 0.29) is 5.91 Å². The first-order valence-electron chi connectivity index (χ1n) is 6.55. The van der Waals surface area contributed by atoms with Gasteiger partial charge in [-0.25, -0.2) is 4.98 Å². The molecule has 1 heterocycles. The Morgan fingerprint density at radius 3 is 2.78 bits per heavy atom. The zero-order valence-corrected chi connectivity index (χ0v) is 11.7. The van der Waals surface area contributed by atoms with Crippen LogP contribution in [0.15, 0.2) is 12.1 Å². The molecule has 0 bridgehead atoms. The molecular weight excluding hydrogens is 248 g/mol. The summed E-state index contributed by atoms with van der Waals surface area (Å²) >= 11 is 5.98. The lowest BCUT2D eigenvalue weighted by atomic mass is 9.91. The minimum atomic E-state index is 0.0568. The van der Waals surface area contributed by atoms with Gasteiger partial charge < -0.3 is 4.90 Å². The Labute approximate surface area is 113 Å². The van der Waals surface area contributed by atoms with Crippen molar-refractivity contribution in [2.24, 2.45) is 0 Å². The number of aryl methyl sites for hydroxylation is 1. The Hall–Kier alpha value is -1.09. The fourth-order valence-electron chi connectivity index (χ4n) is 2.20. The predicted molar refractivity (Wildman–Crippen MR) is 73.0 cm³/mol. The molecule has 0 saturated heterocycles. The van der Waals surface area contributed by atoms with Gasteiger partial charge in [0.15, 0.2) is 0 Å². The average Bonchev–Trinajstić information content (AvgIpc) is 2.25. The van der Waals surface area contributed by atoms with Gasteiger partial charge in [-0.1, -0.05) is 24.9 Å². The summed E-state index contributed by atoms with van der Waals surface area (Å²) in [6, 6.07) is 3.93. The van der Waals surface area contributed by atoms with Gasteiger partial charge >= 0.3 is 0 Å². The van der Waals surface area contributed by atoms with E-state index in [0.717, 1.165) is 31.4 Å². The SMILES string of the molecule is CCCc1cc(C(=O)N(C)C2CCC2)cc(Cl)n1. The van der Waals surface area contributed by atoms with Gasteiger partial charge in [-0.05, 0) is 37.8 Å². The summed E-state index contributed by atoms with van der Waals surface area (Å²) in [5.41, 5.74) is 1.56. The zero-order valence-electron chi connectivity index (χ0n) is 10.9. The van der Waals surface area contributed by atoms with Crippen LogP contribution in [0.25, 0.3) is 0 Å². The number of aromatic nitrogens is 1. The number of nitrogens with zero attached hydrogens (tertiary/aromatic N) is 2. The Bertz CT molecular complexity index is 443. The van der Waals surface area contributed by atoms with Crippen LogP contribution in [0.4, 0.5) is 0 Å². The van der Waals surface area contributed by atoms with Gasteiger partial charge in [-0.2, -0.15) is 0 Å². The van der Waals surface area contributed by atoms with Crippen molar-refractivity contribution in [3.63, 3.8) is 0 Å². The van der Waals surface area contributed by atoms with Crippen molar-refractivity contribution in [3.8, 4) is 0 Å². The van der Waals surface area contributed by atoms with Crippen LogP contribution in [0, 0.1) is 0 Å². The number of carbonyl (C=O) groups is 1. The normalized spacial score (nSPS) is 15.3. The van der Waals surface area contributed by atoms with E-state index in [1.807, 2.05) is 18.0 Å². The number of pyridine rings is 1. The maximum absolute atomic E-state index is 12.3. The molecule has 0 radical (unpaired) electrons. The summed E-state index contributed by atoms with van der Waals surface area (Å²) in [5.74, 6) is 0.0568. The number of hydrogen-bond acceptors (Lipinski definition) is 2. The van der Waals surface area contributed by atoms with E-state index in [9.17, 15) is 4.79 Å². The van der Waals surface area contributed by atoms with Crippen LogP contribution in [-0.4, -0.2) is 28.9 Å². The Kier molecular flexibility index (Phi) is 4.23. The largest absolute Gasteiger partial charge is 0.339 e. The lowest BCUT2D eigenvalue weighted by Gasteiger charge is -2.34. The summed E-state index contributed by atoms with van der Waals surface area (Å²) in [6.07, 6.45) is 5.31. The lowest BCUT2D eigenvalue weighted by molar-refractivity contribution is 0.0652. The highest BCUT2D eigenvalue weighted by atomic mass is 35.5. The van der Waals surface area contributed by atoms with Crippen molar-refractivity contribution in [2.75, 3.05) is 7.05 Å². The van der Waals surface area contributed by atoms with Crippen molar-refractivity contribution in [2.45, 2.75) is 45.1 Å². The highest BCUT2D eigenvalue weighted by Gasteiger charge is 2.26. The average molecular weight is 267 g/mol. The molecule has 1 amide bonds. The monoisotopic (exact) mass is 266 g/mol. The molecule has 3 nitrogen and oxygen atoms in total. The molecule has 0 N–H and O–H groups in total. The summed E-state index contributed by atoms with van der Waals surface area (Å²) in [5, 5.41) is 0.409. The van der Waals surface area contributed by atoms with Gasteiger partial charge in [0, 0.05) is 24.3 Å². The first-order valence-corrected chi connectivity index (χ1v) is 6.93. The second kappa shape index (κ2) is 5.70. The highest BCUT2D eigenvalue weighted by molar-refractivity contribution is 6.29. The van der Waals surface area contributed by atoms with Crippen molar-refractivity contribution in [3.05, 3.63) is 28.5 Å². The van der Waals surface area contributed by atoms with Gasteiger partial charge in [0.05, 0.1) is 0 Å². The number of amides is 1. The maximum atomic E-state index is 12.3. The van der Waals surface area contributed by atoms with E-state index in [1.165, 1.54) is 6.42 Å². The van der Waals surface area contributed by atoms with E-state index >= 15 is 0 Å². The molecule has 98 valence electrons. The van der Waals surface area contributed by atoms with Crippen LogP contribution >= 0.6 is 11.6 Å². The van der Waals surface area contributed by atoms with Crippen LogP contribution in [-0.2, 0) is 6.42 Å². The quantitative estimate of drug-likeness (QED) is 0.784. The summed E-state index contributed by atoms with van der Waals surface area (Å²) in [7, 11) is 1.87. The fourth-order valence-corrected chi connectivity index (χ4v) is 2.43. The van der Waals surface area contributed by atoms with Crippen LogP contribution in [0.3, 0.4) is 0 Å². The third-order valence-corrected chi connectivity index (χ3v) is 3.74. The topological polar surface area (TPSA) is 33.2 Å². The van der Waals surface area contributed by atoms with E-state index in [1.54, 1.807) is 6.07 Å². The second-order valence-electron chi connectivity index (χ2n) is 4.92. The highest BCUT2D eigenvalue weighted by Crippen LogP contribution is 2.25. The molecule has 0 aliphatic heterocycles. The molecule has 1 aliphatic rings. The third-order valence-electron chi connectivity index (χ3n) is 3.54. The summed E-state index contributed by atoms with van der Waals surface area (Å²) in [6.45, 7) is 2.09. The van der Waals surface area contributed by atoms with Gasteiger partial charge in [0.25, 0.3) is 5.91 Å². The van der Waals surface area contributed by atoms with E-state index in [0.29, 0.717) is 16.8 Å². The standard InChI is InChI=1S/C14H19ClN2O/c1-3-5-11-8-10(9-13(15)16-11)14(18)17(2)12-6-4-7-12/h8-9,12H,3-7H2,1-2H3. The molecule has 4 heteroatoms. The van der Waals surface area contributed by atoms with E-state index < -0.39 is 0 Å². The van der Waals surface area contributed by atoms with Crippen LogP contribution in [0.2, 0.25) is 5.15 Å². The molecule has 0 spiro atoms. The molecule has 1 aromatic heterocycles. The number of halogens is 1. The van der Waals surface area contributed by atoms with Gasteiger partial charge in [-0.15, -0.1) is 0 Å². The van der Waals surface area contributed by atoms with Crippen LogP contribution in [0.5, 0.6) is 0 Å². The molecule has 0 aromatic carbocycles. The van der Waals surface area contributed by atoms with Gasteiger partial charge in [-0.3, -0.25) is 4.79 Å². The van der Waals surface area contributed by atoms with E-state index in [2.05, 4.69) is 11.9 Å². The molecule has 2 rings (SSSR count). The minimum absolute atomic E-state index is 0.0568. The molecule has 0 atom stereocenters. The smallest absolute Gasteiger partial charge is 0.254 e.